The second kappa shape index (κ2) is 8.29. The van der Waals surface area contributed by atoms with Gasteiger partial charge < -0.3 is 9.15 Å². The van der Waals surface area contributed by atoms with E-state index in [2.05, 4.69) is 23.3 Å². The summed E-state index contributed by atoms with van der Waals surface area (Å²) in [6.07, 6.45) is 0. The molecule has 1 aromatic carbocycles. The Labute approximate surface area is 179 Å². The van der Waals surface area contributed by atoms with Gasteiger partial charge in [-0.2, -0.15) is 4.31 Å². The molecule has 1 fully saturated rings. The van der Waals surface area contributed by atoms with Crippen molar-refractivity contribution in [1.82, 2.24) is 13.8 Å². The van der Waals surface area contributed by atoms with E-state index in [1.54, 1.807) is 29.5 Å². The number of ether oxygens (including phenoxy) is 1. The SMILES string of the molecule is C[C@@H](c1cccs1)N(C)Cn1c(=S)oc2ccc(S(=O)(=O)N3CCOCC3)cc21. The number of morpholine rings is 1. The Morgan fingerprint density at radius 2 is 2.03 bits per heavy atom. The van der Waals surface area contributed by atoms with Crippen LogP contribution in [0.2, 0.25) is 0 Å². The molecule has 0 amide bonds. The van der Waals surface area contributed by atoms with Crippen LogP contribution in [-0.4, -0.2) is 55.5 Å². The maximum absolute atomic E-state index is 13.0. The highest BCUT2D eigenvalue weighted by atomic mass is 32.2. The average Bonchev–Trinajstić information content (AvgIpc) is 3.36. The molecule has 3 aromatic rings. The van der Waals surface area contributed by atoms with Gasteiger partial charge in [-0.25, -0.2) is 8.42 Å². The Hall–Kier alpha value is -1.56. The van der Waals surface area contributed by atoms with Gasteiger partial charge in [-0.05, 0) is 55.8 Å². The van der Waals surface area contributed by atoms with Crippen LogP contribution in [0.4, 0.5) is 0 Å². The molecule has 0 spiro atoms. The van der Waals surface area contributed by atoms with Gasteiger partial charge in [-0.15, -0.1) is 11.3 Å². The van der Waals surface area contributed by atoms with E-state index in [1.165, 1.54) is 9.18 Å². The Morgan fingerprint density at radius 3 is 2.72 bits per heavy atom. The second-order valence-corrected chi connectivity index (χ2v) is 10.3. The van der Waals surface area contributed by atoms with Crippen LogP contribution in [0.5, 0.6) is 0 Å². The van der Waals surface area contributed by atoms with Crippen LogP contribution in [-0.2, 0) is 21.4 Å². The first-order valence-electron chi connectivity index (χ1n) is 9.33. The van der Waals surface area contributed by atoms with E-state index in [0.717, 1.165) is 0 Å². The van der Waals surface area contributed by atoms with Gasteiger partial charge in [0.15, 0.2) is 5.58 Å². The number of oxazole rings is 1. The van der Waals surface area contributed by atoms with Crippen LogP contribution in [0.25, 0.3) is 11.1 Å². The van der Waals surface area contributed by atoms with E-state index in [0.29, 0.717) is 48.9 Å². The summed E-state index contributed by atoms with van der Waals surface area (Å²) in [7, 11) is -1.58. The lowest BCUT2D eigenvalue weighted by atomic mass is 10.2. The second-order valence-electron chi connectivity index (χ2n) is 7.03. The quantitative estimate of drug-likeness (QED) is 0.530. The lowest BCUT2D eigenvalue weighted by Gasteiger charge is -2.26. The summed E-state index contributed by atoms with van der Waals surface area (Å²) >= 11 is 7.12. The van der Waals surface area contributed by atoms with Gasteiger partial charge in [-0.3, -0.25) is 9.47 Å². The standard InChI is InChI=1S/C19H23N3O4S3/c1-14(18-4-3-11-28-18)20(2)13-22-16-12-15(5-6-17(16)26-19(22)27)29(23,24)21-7-9-25-10-8-21/h3-6,11-12,14H,7-10,13H2,1-2H3/t14-/m0/s1. The molecule has 1 atom stereocenters. The summed E-state index contributed by atoms with van der Waals surface area (Å²) < 4.78 is 40.3. The van der Waals surface area contributed by atoms with E-state index in [1.807, 2.05) is 17.7 Å². The zero-order valence-corrected chi connectivity index (χ0v) is 18.7. The minimum Gasteiger partial charge on any atom is -0.429 e. The molecule has 0 unspecified atom stereocenters. The third-order valence-corrected chi connectivity index (χ3v) is 8.47. The van der Waals surface area contributed by atoms with E-state index in [-0.39, 0.29) is 10.9 Å². The minimum absolute atomic E-state index is 0.196. The van der Waals surface area contributed by atoms with E-state index in [9.17, 15) is 8.42 Å². The summed E-state index contributed by atoms with van der Waals surface area (Å²) in [5, 5.41) is 2.06. The average molecular weight is 454 g/mol. The van der Waals surface area contributed by atoms with Crippen molar-refractivity contribution in [3.05, 3.63) is 45.4 Å². The number of sulfonamides is 1. The van der Waals surface area contributed by atoms with Crippen molar-refractivity contribution in [2.75, 3.05) is 33.4 Å². The zero-order chi connectivity index (χ0) is 20.6. The van der Waals surface area contributed by atoms with Crippen LogP contribution in [0.1, 0.15) is 17.8 Å². The van der Waals surface area contributed by atoms with Crippen molar-refractivity contribution in [2.45, 2.75) is 24.5 Å². The van der Waals surface area contributed by atoms with Gasteiger partial charge in [0.2, 0.25) is 10.0 Å². The Bertz CT molecular complexity index is 1150. The van der Waals surface area contributed by atoms with Gasteiger partial charge in [0.1, 0.15) is 0 Å². The van der Waals surface area contributed by atoms with Crippen LogP contribution < -0.4 is 0 Å². The van der Waals surface area contributed by atoms with Gasteiger partial charge in [0.25, 0.3) is 4.84 Å². The topological polar surface area (TPSA) is 67.9 Å². The van der Waals surface area contributed by atoms with Crippen molar-refractivity contribution >= 4 is 44.7 Å². The van der Waals surface area contributed by atoms with Crippen molar-refractivity contribution in [3.8, 4) is 0 Å². The molecule has 0 bridgehead atoms. The first kappa shape index (κ1) is 20.7. The van der Waals surface area contributed by atoms with E-state index >= 15 is 0 Å². The first-order valence-corrected chi connectivity index (χ1v) is 12.1. The minimum atomic E-state index is -3.59. The van der Waals surface area contributed by atoms with Crippen molar-refractivity contribution in [2.24, 2.45) is 0 Å². The molecule has 1 aliphatic heterocycles. The third-order valence-electron chi connectivity index (χ3n) is 5.23. The molecule has 0 saturated carbocycles. The lowest BCUT2D eigenvalue weighted by Crippen LogP contribution is -2.40. The van der Waals surface area contributed by atoms with Gasteiger partial charge >= 0.3 is 0 Å². The molecule has 29 heavy (non-hydrogen) atoms. The maximum Gasteiger partial charge on any atom is 0.270 e. The van der Waals surface area contributed by atoms with Crippen LogP contribution in [0.3, 0.4) is 0 Å². The predicted octanol–water partition coefficient (Wildman–Crippen LogP) is 3.70. The summed E-state index contributed by atoms with van der Waals surface area (Å²) in [5.74, 6) is 0. The largest absolute Gasteiger partial charge is 0.429 e. The fraction of sp³-hybridized carbons (Fsp3) is 0.421. The molecule has 1 aliphatic rings. The highest BCUT2D eigenvalue weighted by Gasteiger charge is 2.27. The van der Waals surface area contributed by atoms with E-state index < -0.39 is 10.0 Å². The highest BCUT2D eigenvalue weighted by molar-refractivity contribution is 7.89. The Morgan fingerprint density at radius 1 is 1.28 bits per heavy atom. The number of hydrogen-bond acceptors (Lipinski definition) is 7. The molecule has 7 nitrogen and oxygen atoms in total. The van der Waals surface area contributed by atoms with Crippen LogP contribution in [0.15, 0.2) is 45.0 Å². The lowest BCUT2D eigenvalue weighted by molar-refractivity contribution is 0.0730. The Kier molecular flexibility index (Phi) is 5.92. The number of fused-ring (bicyclic) bond motifs is 1. The van der Waals surface area contributed by atoms with Crippen molar-refractivity contribution in [3.63, 3.8) is 0 Å². The summed E-state index contributed by atoms with van der Waals surface area (Å²) in [5.41, 5.74) is 1.25. The molecule has 1 saturated heterocycles. The monoisotopic (exact) mass is 453 g/mol. The number of hydrogen-bond donors (Lipinski definition) is 0. The summed E-state index contributed by atoms with van der Waals surface area (Å²) in [6, 6.07) is 9.24. The number of thiophene rings is 1. The summed E-state index contributed by atoms with van der Waals surface area (Å²) in [6.45, 7) is 4.17. The molecule has 4 rings (SSSR count). The van der Waals surface area contributed by atoms with Gasteiger partial charge in [0.05, 0.1) is 30.3 Å². The summed E-state index contributed by atoms with van der Waals surface area (Å²) in [4.78, 5) is 3.97. The van der Waals surface area contributed by atoms with Gasteiger partial charge in [-0.1, -0.05) is 6.07 Å². The fourth-order valence-corrected chi connectivity index (χ4v) is 5.89. The molecule has 3 heterocycles. The molecule has 2 aromatic heterocycles. The number of aromatic nitrogens is 1. The Balaban J connectivity index is 1.67. The van der Waals surface area contributed by atoms with Crippen molar-refractivity contribution in [1.29, 1.82) is 0 Å². The molecule has 0 radical (unpaired) electrons. The van der Waals surface area contributed by atoms with Crippen LogP contribution >= 0.6 is 23.6 Å². The predicted molar refractivity (Wildman–Crippen MR) is 115 cm³/mol. The van der Waals surface area contributed by atoms with E-state index in [4.69, 9.17) is 21.4 Å². The third kappa shape index (κ3) is 4.05. The first-order chi connectivity index (χ1) is 13.9. The zero-order valence-electron chi connectivity index (χ0n) is 16.3. The smallest absolute Gasteiger partial charge is 0.270 e. The molecule has 0 aliphatic carbocycles. The van der Waals surface area contributed by atoms with Crippen molar-refractivity contribution < 1.29 is 17.6 Å². The molecule has 0 N–H and O–H groups in total. The molecular weight excluding hydrogens is 430 g/mol. The van der Waals surface area contributed by atoms with Crippen LogP contribution in [0, 0.1) is 4.84 Å². The molecule has 10 heteroatoms. The highest BCUT2D eigenvalue weighted by Crippen LogP contribution is 2.27. The van der Waals surface area contributed by atoms with Gasteiger partial charge in [0, 0.05) is 24.0 Å². The number of nitrogens with zero attached hydrogens (tertiary/aromatic N) is 3. The fourth-order valence-electron chi connectivity index (χ4n) is 3.36. The normalized spacial score (nSPS) is 17.2. The molecule has 156 valence electrons. The maximum atomic E-state index is 13.0. The number of rotatable bonds is 6. The number of benzene rings is 1. The molecular formula is C19H23N3O4S3.